The Hall–Kier alpha value is -0.640. The summed E-state index contributed by atoms with van der Waals surface area (Å²) in [6.45, 7) is 0.841. The topological polar surface area (TPSA) is 46.3 Å². The van der Waals surface area contributed by atoms with Gasteiger partial charge in [0.15, 0.2) is 0 Å². The Balaban J connectivity index is 1.91. The number of piperidine rings is 1. The molecule has 1 amide bonds. The molecule has 0 aromatic heterocycles. The average Bonchev–Trinajstić information content (AvgIpc) is 2.67. The lowest BCUT2D eigenvalue weighted by Gasteiger charge is -2.36. The van der Waals surface area contributed by atoms with E-state index < -0.39 is 0 Å². The van der Waals surface area contributed by atoms with E-state index in [0.29, 0.717) is 17.3 Å². The van der Waals surface area contributed by atoms with E-state index in [1.165, 1.54) is 38.5 Å². The van der Waals surface area contributed by atoms with Crippen LogP contribution in [-0.2, 0) is 4.79 Å². The van der Waals surface area contributed by atoms with Gasteiger partial charge in [-0.1, -0.05) is 37.9 Å². The zero-order valence-corrected chi connectivity index (χ0v) is 12.6. The average molecular weight is 282 g/mol. The normalized spacial score (nSPS) is 25.9. The van der Waals surface area contributed by atoms with Crippen LogP contribution in [0.2, 0.25) is 0 Å². The monoisotopic (exact) mass is 282 g/mol. The van der Waals surface area contributed by atoms with Gasteiger partial charge in [-0.3, -0.25) is 4.79 Å². The molecule has 19 heavy (non-hydrogen) atoms. The number of rotatable bonds is 3. The molecule has 3 nitrogen and oxygen atoms in total. The Kier molecular flexibility index (Phi) is 5.61. The SMILES string of the molecule is NC(=S)C1CCCCN1C(=O)CC1CCCCCC1. The zero-order valence-electron chi connectivity index (χ0n) is 11.8. The van der Waals surface area contributed by atoms with Crippen molar-refractivity contribution in [3.05, 3.63) is 0 Å². The fraction of sp³-hybridized carbons (Fsp3) is 0.867. The number of hydrogen-bond acceptors (Lipinski definition) is 2. The molecule has 1 atom stereocenters. The first kappa shape index (κ1) is 14.8. The molecule has 0 radical (unpaired) electrons. The van der Waals surface area contributed by atoms with Gasteiger partial charge in [-0.2, -0.15) is 0 Å². The molecule has 2 fully saturated rings. The van der Waals surface area contributed by atoms with Crippen LogP contribution in [0.15, 0.2) is 0 Å². The quantitative estimate of drug-likeness (QED) is 0.639. The van der Waals surface area contributed by atoms with Gasteiger partial charge in [0.2, 0.25) is 5.91 Å². The Labute approximate surface area is 121 Å². The van der Waals surface area contributed by atoms with Gasteiger partial charge in [-0.15, -0.1) is 0 Å². The summed E-state index contributed by atoms with van der Waals surface area (Å²) >= 11 is 5.12. The predicted molar refractivity (Wildman–Crippen MR) is 81.9 cm³/mol. The lowest BCUT2D eigenvalue weighted by atomic mass is 9.94. The minimum Gasteiger partial charge on any atom is -0.392 e. The molecular weight excluding hydrogens is 256 g/mol. The molecule has 2 rings (SSSR count). The lowest BCUT2D eigenvalue weighted by Crippen LogP contribution is -2.50. The number of carbonyl (C=O) groups excluding carboxylic acids is 1. The third-order valence-corrected chi connectivity index (χ3v) is 4.86. The van der Waals surface area contributed by atoms with Gasteiger partial charge in [0.05, 0.1) is 11.0 Å². The summed E-state index contributed by atoms with van der Waals surface area (Å²) in [5.74, 6) is 0.869. The first-order valence-corrected chi connectivity index (χ1v) is 8.18. The van der Waals surface area contributed by atoms with Crippen LogP contribution in [-0.4, -0.2) is 28.4 Å². The van der Waals surface area contributed by atoms with Gasteiger partial charge in [0.1, 0.15) is 0 Å². The van der Waals surface area contributed by atoms with Gasteiger partial charge in [0, 0.05) is 13.0 Å². The van der Waals surface area contributed by atoms with Crippen molar-refractivity contribution in [2.45, 2.75) is 70.3 Å². The summed E-state index contributed by atoms with van der Waals surface area (Å²) in [6.07, 6.45) is 11.6. The molecule has 108 valence electrons. The van der Waals surface area contributed by atoms with Crippen LogP contribution in [0, 0.1) is 5.92 Å². The summed E-state index contributed by atoms with van der Waals surface area (Å²) in [7, 11) is 0. The van der Waals surface area contributed by atoms with Crippen molar-refractivity contribution in [1.82, 2.24) is 4.90 Å². The van der Waals surface area contributed by atoms with Crippen molar-refractivity contribution in [3.63, 3.8) is 0 Å². The maximum Gasteiger partial charge on any atom is 0.223 e. The second-order valence-corrected chi connectivity index (χ2v) is 6.53. The molecule has 0 aromatic rings. The van der Waals surface area contributed by atoms with Crippen LogP contribution in [0.5, 0.6) is 0 Å². The van der Waals surface area contributed by atoms with E-state index in [1.807, 2.05) is 4.90 Å². The fourth-order valence-corrected chi connectivity index (χ4v) is 3.70. The number of nitrogens with two attached hydrogens (primary N) is 1. The smallest absolute Gasteiger partial charge is 0.223 e. The second kappa shape index (κ2) is 7.22. The van der Waals surface area contributed by atoms with E-state index in [0.717, 1.165) is 25.8 Å². The molecule has 4 heteroatoms. The largest absolute Gasteiger partial charge is 0.392 e. The summed E-state index contributed by atoms with van der Waals surface area (Å²) < 4.78 is 0. The van der Waals surface area contributed by atoms with E-state index in [4.69, 9.17) is 18.0 Å². The molecule has 1 saturated heterocycles. The highest BCUT2D eigenvalue weighted by atomic mass is 32.1. The maximum absolute atomic E-state index is 12.5. The van der Waals surface area contributed by atoms with E-state index in [-0.39, 0.29) is 11.9 Å². The Morgan fingerprint density at radius 2 is 1.68 bits per heavy atom. The van der Waals surface area contributed by atoms with Crippen molar-refractivity contribution in [2.24, 2.45) is 11.7 Å². The molecule has 1 saturated carbocycles. The van der Waals surface area contributed by atoms with Crippen LogP contribution < -0.4 is 5.73 Å². The van der Waals surface area contributed by atoms with Crippen molar-refractivity contribution >= 4 is 23.1 Å². The number of hydrogen-bond donors (Lipinski definition) is 1. The molecular formula is C15H26N2OS. The van der Waals surface area contributed by atoms with Crippen molar-refractivity contribution in [3.8, 4) is 0 Å². The molecule has 1 unspecified atom stereocenters. The molecule has 0 spiro atoms. The van der Waals surface area contributed by atoms with E-state index in [2.05, 4.69) is 0 Å². The molecule has 1 aliphatic carbocycles. The standard InChI is InChI=1S/C15H26N2OS/c16-15(19)13-9-5-6-10-17(13)14(18)11-12-7-3-1-2-4-8-12/h12-13H,1-11H2,(H2,16,19). The van der Waals surface area contributed by atoms with E-state index >= 15 is 0 Å². The Bertz CT molecular complexity index is 324. The van der Waals surface area contributed by atoms with Gasteiger partial charge in [-0.25, -0.2) is 0 Å². The molecule has 0 bridgehead atoms. The molecule has 1 aliphatic heterocycles. The molecule has 0 aromatic carbocycles. The number of carbonyl (C=O) groups is 1. The van der Waals surface area contributed by atoms with Crippen molar-refractivity contribution in [1.29, 1.82) is 0 Å². The first-order valence-electron chi connectivity index (χ1n) is 7.77. The van der Waals surface area contributed by atoms with Crippen LogP contribution >= 0.6 is 12.2 Å². The lowest BCUT2D eigenvalue weighted by molar-refractivity contribution is -0.134. The summed E-state index contributed by atoms with van der Waals surface area (Å²) in [5.41, 5.74) is 5.79. The molecule has 2 N–H and O–H groups in total. The molecule has 2 aliphatic rings. The summed E-state index contributed by atoms with van der Waals surface area (Å²) in [4.78, 5) is 15.0. The summed E-state index contributed by atoms with van der Waals surface area (Å²) in [6, 6.07) is 0.0158. The van der Waals surface area contributed by atoms with Crippen molar-refractivity contribution in [2.75, 3.05) is 6.54 Å². The van der Waals surface area contributed by atoms with Crippen LogP contribution in [0.3, 0.4) is 0 Å². The highest BCUT2D eigenvalue weighted by molar-refractivity contribution is 7.80. The number of amides is 1. The second-order valence-electron chi connectivity index (χ2n) is 6.06. The van der Waals surface area contributed by atoms with E-state index in [1.54, 1.807) is 0 Å². The van der Waals surface area contributed by atoms with E-state index in [9.17, 15) is 4.79 Å². The Morgan fingerprint density at radius 3 is 2.32 bits per heavy atom. The van der Waals surface area contributed by atoms with Gasteiger partial charge in [-0.05, 0) is 38.0 Å². The fourth-order valence-electron chi connectivity index (χ4n) is 3.46. The zero-order chi connectivity index (χ0) is 13.7. The van der Waals surface area contributed by atoms with Gasteiger partial charge < -0.3 is 10.6 Å². The van der Waals surface area contributed by atoms with Gasteiger partial charge in [0.25, 0.3) is 0 Å². The predicted octanol–water partition coefficient (Wildman–Crippen LogP) is 3.01. The van der Waals surface area contributed by atoms with Crippen LogP contribution in [0.25, 0.3) is 0 Å². The molecule has 1 heterocycles. The minimum absolute atomic E-state index is 0.0158. The third kappa shape index (κ3) is 4.16. The third-order valence-electron chi connectivity index (χ3n) is 4.59. The van der Waals surface area contributed by atoms with Crippen LogP contribution in [0.4, 0.5) is 0 Å². The minimum atomic E-state index is 0.0158. The maximum atomic E-state index is 12.5. The first-order chi connectivity index (χ1) is 9.18. The van der Waals surface area contributed by atoms with Crippen molar-refractivity contribution < 1.29 is 4.79 Å². The van der Waals surface area contributed by atoms with Gasteiger partial charge >= 0.3 is 0 Å². The highest BCUT2D eigenvalue weighted by Gasteiger charge is 2.29. The van der Waals surface area contributed by atoms with Crippen LogP contribution in [0.1, 0.15) is 64.2 Å². The number of likely N-dealkylation sites (tertiary alicyclic amines) is 1. The number of thiocarbonyl (C=S) groups is 1. The number of nitrogens with zero attached hydrogens (tertiary/aromatic N) is 1. The highest BCUT2D eigenvalue weighted by Crippen LogP contribution is 2.27. The summed E-state index contributed by atoms with van der Waals surface area (Å²) in [5, 5.41) is 0. The Morgan fingerprint density at radius 1 is 1.05 bits per heavy atom.